The molecule has 8 heteroatoms. The van der Waals surface area contributed by atoms with Crippen LogP contribution in [0.1, 0.15) is 24.5 Å². The SMILES string of the molecule is O=C1CC(c2cnc3ccccc3n2)CC(=O)C1=CNCCN1CCN(CCO)CC1. The second kappa shape index (κ2) is 10.1. The average Bonchev–Trinajstić information content (AvgIpc) is 2.79. The molecule has 1 aromatic carbocycles. The third-order valence-electron chi connectivity index (χ3n) is 6.05. The molecule has 0 spiro atoms. The molecule has 0 unspecified atom stereocenters. The number of Topliss-reactive ketones (excluding diaryl/α,β-unsaturated/α-hetero) is 2. The molecule has 2 fully saturated rings. The molecule has 1 aliphatic carbocycles. The highest BCUT2D eigenvalue weighted by Gasteiger charge is 2.32. The fourth-order valence-electron chi connectivity index (χ4n) is 4.21. The number of hydrogen-bond acceptors (Lipinski definition) is 8. The molecule has 1 saturated carbocycles. The van der Waals surface area contributed by atoms with Gasteiger partial charge in [0.15, 0.2) is 11.6 Å². The third-order valence-corrected chi connectivity index (χ3v) is 6.05. The maximum atomic E-state index is 12.6. The number of nitrogens with zero attached hydrogens (tertiary/aromatic N) is 4. The van der Waals surface area contributed by atoms with Crippen molar-refractivity contribution in [2.75, 3.05) is 52.4 Å². The van der Waals surface area contributed by atoms with E-state index in [2.05, 4.69) is 25.1 Å². The molecule has 4 rings (SSSR count). The van der Waals surface area contributed by atoms with Gasteiger partial charge in [0.05, 0.1) is 28.9 Å². The molecule has 2 heterocycles. The molecule has 8 nitrogen and oxygen atoms in total. The van der Waals surface area contributed by atoms with Crippen molar-refractivity contribution < 1.29 is 14.7 Å². The summed E-state index contributed by atoms with van der Waals surface area (Å²) in [6, 6.07) is 7.59. The van der Waals surface area contributed by atoms with E-state index in [1.165, 1.54) is 0 Å². The lowest BCUT2D eigenvalue weighted by atomic mass is 9.82. The van der Waals surface area contributed by atoms with Crippen LogP contribution < -0.4 is 5.32 Å². The number of carbonyl (C=O) groups excluding carboxylic acids is 2. The molecule has 164 valence electrons. The first-order valence-corrected chi connectivity index (χ1v) is 10.9. The van der Waals surface area contributed by atoms with Crippen LogP contribution >= 0.6 is 0 Å². The van der Waals surface area contributed by atoms with Gasteiger partial charge in [0, 0.05) is 77.0 Å². The molecule has 31 heavy (non-hydrogen) atoms. The minimum atomic E-state index is -0.218. The number of rotatable bonds is 7. The van der Waals surface area contributed by atoms with Gasteiger partial charge in [-0.05, 0) is 12.1 Å². The molecule has 2 aliphatic rings. The molecule has 0 atom stereocenters. The minimum absolute atomic E-state index is 0.138. The zero-order valence-electron chi connectivity index (χ0n) is 17.7. The summed E-state index contributed by atoms with van der Waals surface area (Å²) in [5.41, 5.74) is 2.55. The Morgan fingerprint density at radius 3 is 2.32 bits per heavy atom. The summed E-state index contributed by atoms with van der Waals surface area (Å²) < 4.78 is 0. The molecule has 2 aromatic rings. The van der Waals surface area contributed by atoms with Gasteiger partial charge in [-0.25, -0.2) is 4.98 Å². The van der Waals surface area contributed by atoms with Gasteiger partial charge in [0.2, 0.25) is 0 Å². The van der Waals surface area contributed by atoms with E-state index in [0.29, 0.717) is 12.2 Å². The second-order valence-corrected chi connectivity index (χ2v) is 8.15. The molecule has 1 aliphatic heterocycles. The van der Waals surface area contributed by atoms with Crippen molar-refractivity contribution in [2.24, 2.45) is 0 Å². The summed E-state index contributed by atoms with van der Waals surface area (Å²) in [6.07, 6.45) is 3.83. The number of piperazine rings is 1. The van der Waals surface area contributed by atoms with Crippen LogP contribution in [0.2, 0.25) is 0 Å². The Balaban J connectivity index is 1.28. The summed E-state index contributed by atoms with van der Waals surface area (Å²) in [5, 5.41) is 12.2. The molecule has 0 radical (unpaired) electrons. The summed E-state index contributed by atoms with van der Waals surface area (Å²) >= 11 is 0. The Bertz CT molecular complexity index is 949. The number of aliphatic hydroxyl groups excluding tert-OH is 1. The highest BCUT2D eigenvalue weighted by Crippen LogP contribution is 2.30. The largest absolute Gasteiger partial charge is 0.395 e. The normalized spacial score (nSPS) is 20.9. The standard InChI is InChI=1S/C23H29N5O3/c29-12-11-28-9-7-27(8-10-28)6-5-24-15-18-22(30)13-17(14-23(18)31)21-16-25-19-3-1-2-4-20(19)26-21/h1-4,15-17,24,29H,5-14H2. The van der Waals surface area contributed by atoms with Gasteiger partial charge in [0.1, 0.15) is 0 Å². The quantitative estimate of drug-likeness (QED) is 0.382. The van der Waals surface area contributed by atoms with Crippen molar-refractivity contribution in [3.63, 3.8) is 0 Å². The van der Waals surface area contributed by atoms with E-state index in [4.69, 9.17) is 5.11 Å². The van der Waals surface area contributed by atoms with Crippen molar-refractivity contribution in [3.8, 4) is 0 Å². The smallest absolute Gasteiger partial charge is 0.168 e. The second-order valence-electron chi connectivity index (χ2n) is 8.15. The van der Waals surface area contributed by atoms with Gasteiger partial charge in [-0.15, -0.1) is 0 Å². The van der Waals surface area contributed by atoms with E-state index in [1.807, 2.05) is 24.3 Å². The number of aromatic nitrogens is 2. The number of nitrogens with one attached hydrogen (secondary N) is 1. The predicted octanol–water partition coefficient (Wildman–Crippen LogP) is 0.729. The van der Waals surface area contributed by atoms with E-state index in [9.17, 15) is 9.59 Å². The summed E-state index contributed by atoms with van der Waals surface area (Å²) in [7, 11) is 0. The van der Waals surface area contributed by atoms with E-state index in [1.54, 1.807) is 12.4 Å². The lowest BCUT2D eigenvalue weighted by Crippen LogP contribution is -2.48. The molecule has 2 N–H and O–H groups in total. The van der Waals surface area contributed by atoms with Crippen molar-refractivity contribution >= 4 is 22.6 Å². The van der Waals surface area contributed by atoms with Crippen molar-refractivity contribution in [2.45, 2.75) is 18.8 Å². The van der Waals surface area contributed by atoms with Crippen LogP contribution in [-0.4, -0.2) is 88.9 Å². The maximum absolute atomic E-state index is 12.6. The Hall–Kier alpha value is -2.68. The van der Waals surface area contributed by atoms with E-state index in [-0.39, 0.29) is 42.5 Å². The van der Waals surface area contributed by atoms with Gasteiger partial charge in [-0.2, -0.15) is 0 Å². The molecule has 0 amide bonds. The zero-order chi connectivity index (χ0) is 21.6. The number of β-amino-alcohol motifs (C(OH)–C–C–N with tert-alkyl or cyclic N) is 1. The number of aliphatic hydroxyl groups is 1. The van der Waals surface area contributed by atoms with Crippen LogP contribution in [0.25, 0.3) is 11.0 Å². The Morgan fingerprint density at radius 1 is 1.00 bits per heavy atom. The summed E-state index contributed by atoms with van der Waals surface area (Å²) in [4.78, 5) is 38.9. The van der Waals surface area contributed by atoms with Gasteiger partial charge in [-0.3, -0.25) is 24.4 Å². The molecular formula is C23H29N5O3. The van der Waals surface area contributed by atoms with Crippen LogP contribution in [0.4, 0.5) is 0 Å². The highest BCUT2D eigenvalue weighted by molar-refractivity contribution is 6.22. The topological polar surface area (TPSA) is 98.7 Å². The van der Waals surface area contributed by atoms with Crippen molar-refractivity contribution in [1.82, 2.24) is 25.1 Å². The molecule has 1 saturated heterocycles. The van der Waals surface area contributed by atoms with Gasteiger partial charge in [-0.1, -0.05) is 12.1 Å². The fourth-order valence-corrected chi connectivity index (χ4v) is 4.21. The number of benzene rings is 1. The number of para-hydroxylation sites is 2. The Kier molecular flexibility index (Phi) is 7.01. The van der Waals surface area contributed by atoms with Gasteiger partial charge < -0.3 is 10.4 Å². The highest BCUT2D eigenvalue weighted by atomic mass is 16.3. The Morgan fingerprint density at radius 2 is 1.65 bits per heavy atom. The number of allylic oxidation sites excluding steroid dienone is 1. The van der Waals surface area contributed by atoms with Crippen molar-refractivity contribution in [3.05, 3.63) is 47.9 Å². The molecular weight excluding hydrogens is 394 g/mol. The first kappa shape index (κ1) is 21.5. The zero-order valence-corrected chi connectivity index (χ0v) is 17.7. The number of ketones is 2. The number of fused-ring (bicyclic) bond motifs is 1. The van der Waals surface area contributed by atoms with Gasteiger partial charge in [0.25, 0.3) is 0 Å². The molecule has 0 bridgehead atoms. The summed E-state index contributed by atoms with van der Waals surface area (Å²) in [6.45, 7) is 6.31. The van der Waals surface area contributed by atoms with Crippen LogP contribution in [0.5, 0.6) is 0 Å². The minimum Gasteiger partial charge on any atom is -0.395 e. The first-order chi connectivity index (χ1) is 15.1. The maximum Gasteiger partial charge on any atom is 0.168 e. The number of hydrogen-bond donors (Lipinski definition) is 2. The Labute approximate surface area is 182 Å². The van der Waals surface area contributed by atoms with Gasteiger partial charge >= 0.3 is 0 Å². The lowest BCUT2D eigenvalue weighted by molar-refractivity contribution is -0.124. The first-order valence-electron chi connectivity index (χ1n) is 10.9. The monoisotopic (exact) mass is 423 g/mol. The van der Waals surface area contributed by atoms with E-state index in [0.717, 1.165) is 50.3 Å². The van der Waals surface area contributed by atoms with Crippen LogP contribution in [0.3, 0.4) is 0 Å². The molecule has 1 aromatic heterocycles. The van der Waals surface area contributed by atoms with E-state index < -0.39 is 0 Å². The lowest BCUT2D eigenvalue weighted by Gasteiger charge is -2.34. The van der Waals surface area contributed by atoms with Crippen molar-refractivity contribution in [1.29, 1.82) is 0 Å². The van der Waals surface area contributed by atoms with E-state index >= 15 is 0 Å². The summed E-state index contributed by atoms with van der Waals surface area (Å²) in [5.74, 6) is -0.493. The van der Waals surface area contributed by atoms with Crippen LogP contribution in [0.15, 0.2) is 42.2 Å². The fraction of sp³-hybridized carbons (Fsp3) is 0.478. The third kappa shape index (κ3) is 5.33. The average molecular weight is 424 g/mol. The predicted molar refractivity (Wildman–Crippen MR) is 118 cm³/mol. The van der Waals surface area contributed by atoms with Crippen LogP contribution in [-0.2, 0) is 9.59 Å². The van der Waals surface area contributed by atoms with Crippen LogP contribution in [0, 0.1) is 0 Å². The number of carbonyl (C=O) groups is 2.